The second-order valence-electron chi connectivity index (χ2n) is 5.66. The van der Waals surface area contributed by atoms with Crippen molar-refractivity contribution in [3.63, 3.8) is 0 Å². The molecular weight excluding hydrogens is 297 g/mol. The van der Waals surface area contributed by atoms with E-state index in [9.17, 15) is 18.0 Å². The number of hydrogen-bond acceptors (Lipinski definition) is 3. The molecule has 0 saturated carbocycles. The molecule has 0 radical (unpaired) electrons. The Kier molecular flexibility index (Phi) is 4.10. The van der Waals surface area contributed by atoms with Crippen LogP contribution in [0.15, 0.2) is 24.3 Å². The van der Waals surface area contributed by atoms with E-state index < -0.39 is 36.9 Å². The fraction of sp³-hybridized carbons (Fsp3) is 0.533. The van der Waals surface area contributed by atoms with Crippen LogP contribution >= 0.6 is 0 Å². The van der Waals surface area contributed by atoms with Gasteiger partial charge in [-0.15, -0.1) is 0 Å². The molecule has 2 atom stereocenters. The predicted octanol–water partition coefficient (Wildman–Crippen LogP) is 1.72. The van der Waals surface area contributed by atoms with Crippen molar-refractivity contribution in [3.05, 3.63) is 35.6 Å². The van der Waals surface area contributed by atoms with Crippen molar-refractivity contribution in [2.45, 2.75) is 24.5 Å². The number of carbonyl (C=O) groups is 1. The minimum absolute atomic E-state index is 0.170. The predicted molar refractivity (Wildman–Crippen MR) is 73.0 cm³/mol. The fourth-order valence-corrected chi connectivity index (χ4v) is 2.88. The van der Waals surface area contributed by atoms with Gasteiger partial charge < -0.3 is 9.64 Å². The van der Waals surface area contributed by atoms with Crippen molar-refractivity contribution >= 4 is 5.91 Å². The Bertz CT molecular complexity index is 567. The van der Waals surface area contributed by atoms with Crippen LogP contribution in [0.25, 0.3) is 0 Å². The lowest BCUT2D eigenvalue weighted by atomic mass is 10.1. The van der Waals surface area contributed by atoms with E-state index in [1.807, 2.05) is 0 Å². The number of nitrogens with one attached hydrogen (secondary N) is 1. The largest absolute Gasteiger partial charge is 0.370 e. The fourth-order valence-electron chi connectivity index (χ4n) is 2.88. The molecule has 7 heteroatoms. The molecule has 1 amide bonds. The summed E-state index contributed by atoms with van der Waals surface area (Å²) in [6.07, 6.45) is -1.06. The number of hydrogen-bond donors (Lipinski definition) is 1. The van der Waals surface area contributed by atoms with Crippen molar-refractivity contribution in [1.29, 1.82) is 0 Å². The number of amides is 1. The molecule has 120 valence electrons. The van der Waals surface area contributed by atoms with Crippen molar-refractivity contribution in [2.75, 3.05) is 26.2 Å². The van der Waals surface area contributed by atoms with Crippen LogP contribution in [0, 0.1) is 5.82 Å². The summed E-state index contributed by atoms with van der Waals surface area (Å²) in [5.41, 5.74) is 0.379. The maximum absolute atomic E-state index is 13.8. The molecule has 0 aromatic heterocycles. The molecule has 1 aromatic rings. The van der Waals surface area contributed by atoms with E-state index in [1.165, 1.54) is 11.0 Å². The standard InChI is InChI=1S/C15H17F3N2O2/c16-11-4-2-1-3-10(11)13-8-20(5-6-22-13)14(21)12-7-15(17,18)9-19-12/h1-4,12-13,19H,5-9H2. The number of halogens is 3. The summed E-state index contributed by atoms with van der Waals surface area (Å²) < 4.78 is 45.8. The molecule has 2 heterocycles. The van der Waals surface area contributed by atoms with Crippen LogP contribution in [-0.2, 0) is 9.53 Å². The van der Waals surface area contributed by atoms with Gasteiger partial charge in [0.05, 0.1) is 25.7 Å². The molecule has 2 aliphatic rings. The van der Waals surface area contributed by atoms with Gasteiger partial charge in [0.25, 0.3) is 5.92 Å². The topological polar surface area (TPSA) is 41.6 Å². The third-order valence-corrected chi connectivity index (χ3v) is 4.04. The van der Waals surface area contributed by atoms with E-state index in [0.717, 1.165) is 0 Å². The summed E-state index contributed by atoms with van der Waals surface area (Å²) in [7, 11) is 0. The van der Waals surface area contributed by atoms with E-state index >= 15 is 0 Å². The minimum Gasteiger partial charge on any atom is -0.370 e. The van der Waals surface area contributed by atoms with Gasteiger partial charge in [-0.1, -0.05) is 18.2 Å². The van der Waals surface area contributed by atoms with Crippen molar-refractivity contribution in [3.8, 4) is 0 Å². The zero-order valence-electron chi connectivity index (χ0n) is 11.9. The van der Waals surface area contributed by atoms with E-state index in [2.05, 4.69) is 5.32 Å². The summed E-state index contributed by atoms with van der Waals surface area (Å²) in [5, 5.41) is 2.55. The summed E-state index contributed by atoms with van der Waals surface area (Å²) in [5.74, 6) is -3.62. The lowest BCUT2D eigenvalue weighted by Gasteiger charge is -2.34. The summed E-state index contributed by atoms with van der Waals surface area (Å²) >= 11 is 0. The zero-order chi connectivity index (χ0) is 15.7. The Balaban J connectivity index is 1.68. The number of nitrogens with zero attached hydrogens (tertiary/aromatic N) is 1. The highest BCUT2D eigenvalue weighted by Gasteiger charge is 2.44. The molecule has 2 aliphatic heterocycles. The van der Waals surface area contributed by atoms with Gasteiger partial charge in [0, 0.05) is 18.5 Å². The molecule has 1 aromatic carbocycles. The molecule has 22 heavy (non-hydrogen) atoms. The highest BCUT2D eigenvalue weighted by molar-refractivity contribution is 5.82. The van der Waals surface area contributed by atoms with Gasteiger partial charge in [-0.25, -0.2) is 13.2 Å². The Hall–Kier alpha value is -1.60. The number of benzene rings is 1. The number of carbonyl (C=O) groups excluding carboxylic acids is 1. The van der Waals surface area contributed by atoms with E-state index in [4.69, 9.17) is 4.74 Å². The van der Waals surface area contributed by atoms with Crippen molar-refractivity contribution in [2.24, 2.45) is 0 Å². The zero-order valence-corrected chi connectivity index (χ0v) is 11.9. The van der Waals surface area contributed by atoms with E-state index in [-0.39, 0.29) is 19.1 Å². The quantitative estimate of drug-likeness (QED) is 0.904. The van der Waals surface area contributed by atoms with Crippen LogP contribution in [0.2, 0.25) is 0 Å². The number of ether oxygens (including phenoxy) is 1. The number of alkyl halides is 2. The Labute approximate surface area is 126 Å². The van der Waals surface area contributed by atoms with Crippen molar-refractivity contribution in [1.82, 2.24) is 10.2 Å². The average Bonchev–Trinajstić information content (AvgIpc) is 2.87. The van der Waals surface area contributed by atoms with Gasteiger partial charge in [0.1, 0.15) is 11.9 Å². The molecule has 4 nitrogen and oxygen atoms in total. The third-order valence-electron chi connectivity index (χ3n) is 4.04. The summed E-state index contributed by atoms with van der Waals surface area (Å²) in [6, 6.07) is 5.33. The second-order valence-corrected chi connectivity index (χ2v) is 5.66. The SMILES string of the molecule is O=C(C1CC(F)(F)CN1)N1CCOC(c2ccccc2F)C1. The minimum atomic E-state index is -2.85. The first-order valence-electron chi connectivity index (χ1n) is 7.22. The highest BCUT2D eigenvalue weighted by Crippen LogP contribution is 2.28. The molecule has 3 rings (SSSR count). The molecule has 2 unspecified atom stereocenters. The normalized spacial score (nSPS) is 27.9. The molecule has 2 fully saturated rings. The first-order chi connectivity index (χ1) is 10.5. The first kappa shape index (κ1) is 15.3. The van der Waals surface area contributed by atoms with Gasteiger partial charge in [0.15, 0.2) is 0 Å². The molecule has 1 N–H and O–H groups in total. The Morgan fingerprint density at radius 3 is 2.82 bits per heavy atom. The third kappa shape index (κ3) is 3.10. The summed E-state index contributed by atoms with van der Waals surface area (Å²) in [6.45, 7) is 0.273. The average molecular weight is 314 g/mol. The second kappa shape index (κ2) is 5.89. The molecule has 0 aliphatic carbocycles. The van der Waals surface area contributed by atoms with Gasteiger partial charge in [-0.2, -0.15) is 0 Å². The van der Waals surface area contributed by atoms with Crippen LogP contribution in [0.1, 0.15) is 18.1 Å². The van der Waals surface area contributed by atoms with Crippen LogP contribution in [-0.4, -0.2) is 49.0 Å². The maximum Gasteiger partial charge on any atom is 0.262 e. The van der Waals surface area contributed by atoms with E-state index in [1.54, 1.807) is 18.2 Å². The van der Waals surface area contributed by atoms with Crippen molar-refractivity contribution < 1.29 is 22.7 Å². The maximum atomic E-state index is 13.8. The first-order valence-corrected chi connectivity index (χ1v) is 7.22. The number of morpholine rings is 1. The van der Waals surface area contributed by atoms with Crippen LogP contribution in [0.4, 0.5) is 13.2 Å². The molecule has 0 spiro atoms. The summed E-state index contributed by atoms with van der Waals surface area (Å²) in [4.78, 5) is 13.8. The van der Waals surface area contributed by atoms with Crippen LogP contribution in [0.3, 0.4) is 0 Å². The molecule has 2 saturated heterocycles. The lowest BCUT2D eigenvalue weighted by Crippen LogP contribution is -2.49. The number of rotatable bonds is 2. The Morgan fingerprint density at radius 2 is 2.14 bits per heavy atom. The molecule has 0 bridgehead atoms. The molecular formula is C15H17F3N2O2. The Morgan fingerprint density at radius 1 is 1.36 bits per heavy atom. The van der Waals surface area contributed by atoms with Gasteiger partial charge in [0.2, 0.25) is 5.91 Å². The monoisotopic (exact) mass is 314 g/mol. The van der Waals surface area contributed by atoms with Gasteiger partial charge in [-0.3, -0.25) is 10.1 Å². The highest BCUT2D eigenvalue weighted by atomic mass is 19.3. The van der Waals surface area contributed by atoms with E-state index in [0.29, 0.717) is 12.1 Å². The lowest BCUT2D eigenvalue weighted by molar-refractivity contribution is -0.141. The smallest absolute Gasteiger partial charge is 0.262 e. The van der Waals surface area contributed by atoms with Gasteiger partial charge in [-0.05, 0) is 6.07 Å². The van der Waals surface area contributed by atoms with Crippen LogP contribution in [0.5, 0.6) is 0 Å². The van der Waals surface area contributed by atoms with Crippen LogP contribution < -0.4 is 5.32 Å². The van der Waals surface area contributed by atoms with Gasteiger partial charge >= 0.3 is 0 Å².